The first-order chi connectivity index (χ1) is 20.3. The molecule has 0 aliphatic heterocycles. The Kier molecular flexibility index (Phi) is 12.9. The molecule has 14 N–H and O–H groups in total. The van der Waals surface area contributed by atoms with Crippen molar-refractivity contribution in [2.75, 3.05) is 6.54 Å². The van der Waals surface area contributed by atoms with Gasteiger partial charge in [-0.2, -0.15) is 0 Å². The molecule has 0 bridgehead atoms. The molecule has 0 saturated carbocycles. The SMILES string of the molecule is NC(=O)CCC(NC(=O)C(Cc1c[nH]c2ccccc12)NC(=O)C(N)CCCN=C(N)N)C(=O)NC(CC(=O)O)C(=O)O. The van der Waals surface area contributed by atoms with Gasteiger partial charge in [-0.25, -0.2) is 4.79 Å². The van der Waals surface area contributed by atoms with Crippen LogP contribution in [-0.4, -0.2) is 87.4 Å². The fraction of sp³-hybridized carbons (Fsp3) is 0.423. The highest BCUT2D eigenvalue weighted by Crippen LogP contribution is 2.19. The van der Waals surface area contributed by atoms with Crippen LogP contribution in [0.25, 0.3) is 10.9 Å². The predicted molar refractivity (Wildman–Crippen MR) is 154 cm³/mol. The Morgan fingerprint density at radius 3 is 2.12 bits per heavy atom. The van der Waals surface area contributed by atoms with E-state index in [1.807, 2.05) is 18.2 Å². The summed E-state index contributed by atoms with van der Waals surface area (Å²) in [5, 5.41) is 26.1. The minimum atomic E-state index is -1.81. The topological polar surface area (TPSA) is 311 Å². The summed E-state index contributed by atoms with van der Waals surface area (Å²) in [6.07, 6.45) is 0.559. The Balaban J connectivity index is 2.29. The number of carboxylic acids is 2. The number of para-hydroxylation sites is 1. The molecule has 1 heterocycles. The number of aromatic amines is 1. The normalized spacial score (nSPS) is 13.6. The van der Waals surface area contributed by atoms with E-state index in [9.17, 15) is 33.9 Å². The summed E-state index contributed by atoms with van der Waals surface area (Å²) in [5.41, 5.74) is 23.2. The van der Waals surface area contributed by atoms with Crippen LogP contribution in [0.4, 0.5) is 0 Å². The molecule has 0 saturated heterocycles. The number of rotatable bonds is 18. The molecular weight excluding hydrogens is 566 g/mol. The molecule has 17 heteroatoms. The number of amides is 4. The van der Waals surface area contributed by atoms with Crippen molar-refractivity contribution in [1.82, 2.24) is 20.9 Å². The van der Waals surface area contributed by atoms with Crippen molar-refractivity contribution >= 4 is 52.4 Å². The first-order valence-corrected chi connectivity index (χ1v) is 13.3. The number of H-pyrrole nitrogens is 1. The van der Waals surface area contributed by atoms with Crippen LogP contribution in [0.2, 0.25) is 0 Å². The monoisotopic (exact) mass is 603 g/mol. The number of hydrogen-bond acceptors (Lipinski definition) is 8. The van der Waals surface area contributed by atoms with Crippen molar-refractivity contribution in [3.05, 3.63) is 36.0 Å². The lowest BCUT2D eigenvalue weighted by Gasteiger charge is -2.25. The molecule has 4 atom stereocenters. The maximum atomic E-state index is 13.5. The second kappa shape index (κ2) is 16.3. The quantitative estimate of drug-likeness (QED) is 0.0477. The van der Waals surface area contributed by atoms with E-state index in [-0.39, 0.29) is 38.2 Å². The fourth-order valence-corrected chi connectivity index (χ4v) is 4.13. The van der Waals surface area contributed by atoms with Crippen molar-refractivity contribution in [3.8, 4) is 0 Å². The van der Waals surface area contributed by atoms with Gasteiger partial charge in [0.25, 0.3) is 0 Å². The van der Waals surface area contributed by atoms with E-state index < -0.39 is 66.2 Å². The summed E-state index contributed by atoms with van der Waals surface area (Å²) in [4.78, 5) is 80.3. The number of carbonyl (C=O) groups is 6. The molecule has 0 fully saturated rings. The maximum Gasteiger partial charge on any atom is 0.326 e. The Morgan fingerprint density at radius 2 is 1.49 bits per heavy atom. The number of hydrogen-bond donors (Lipinski definition) is 10. The van der Waals surface area contributed by atoms with Crippen LogP contribution < -0.4 is 38.9 Å². The molecule has 4 amide bonds. The summed E-state index contributed by atoms with van der Waals surface area (Å²) in [6, 6.07) is 1.63. The lowest BCUT2D eigenvalue weighted by molar-refractivity contribution is -0.147. The first kappa shape index (κ1) is 34.0. The van der Waals surface area contributed by atoms with Crippen molar-refractivity contribution < 1.29 is 39.0 Å². The molecule has 2 rings (SSSR count). The van der Waals surface area contributed by atoms with E-state index in [0.717, 1.165) is 10.9 Å². The van der Waals surface area contributed by atoms with Gasteiger partial charge >= 0.3 is 11.9 Å². The molecule has 0 spiro atoms. The van der Waals surface area contributed by atoms with E-state index in [0.29, 0.717) is 12.0 Å². The molecule has 0 aliphatic rings. The lowest BCUT2D eigenvalue weighted by atomic mass is 10.0. The highest BCUT2D eigenvalue weighted by atomic mass is 16.4. The van der Waals surface area contributed by atoms with E-state index in [1.165, 1.54) is 0 Å². The van der Waals surface area contributed by atoms with Crippen molar-refractivity contribution in [3.63, 3.8) is 0 Å². The van der Waals surface area contributed by atoms with E-state index in [4.69, 9.17) is 28.0 Å². The number of fused-ring (bicyclic) bond motifs is 1. The number of benzene rings is 1. The Morgan fingerprint density at radius 1 is 0.860 bits per heavy atom. The molecule has 43 heavy (non-hydrogen) atoms. The van der Waals surface area contributed by atoms with E-state index in [1.54, 1.807) is 12.3 Å². The molecule has 4 unspecified atom stereocenters. The van der Waals surface area contributed by atoms with Crippen LogP contribution in [0.15, 0.2) is 35.5 Å². The molecule has 0 radical (unpaired) electrons. The largest absolute Gasteiger partial charge is 0.481 e. The van der Waals surface area contributed by atoms with E-state index >= 15 is 0 Å². The van der Waals surface area contributed by atoms with Crippen LogP contribution >= 0.6 is 0 Å². The van der Waals surface area contributed by atoms with Gasteiger partial charge in [-0.15, -0.1) is 0 Å². The number of nitrogens with two attached hydrogens (primary N) is 4. The third kappa shape index (κ3) is 11.3. The molecular formula is C26H37N9O8. The molecule has 0 aliphatic carbocycles. The maximum absolute atomic E-state index is 13.5. The summed E-state index contributed by atoms with van der Waals surface area (Å²) in [7, 11) is 0. The van der Waals surface area contributed by atoms with Crippen LogP contribution in [0.5, 0.6) is 0 Å². The second-order valence-corrected chi connectivity index (χ2v) is 9.74. The summed E-state index contributed by atoms with van der Waals surface area (Å²) in [5.74, 6) is -6.59. The summed E-state index contributed by atoms with van der Waals surface area (Å²) >= 11 is 0. The highest BCUT2D eigenvalue weighted by molar-refractivity contribution is 5.95. The number of nitrogens with one attached hydrogen (secondary N) is 4. The smallest absolute Gasteiger partial charge is 0.326 e. The molecule has 2 aromatic rings. The number of primary amides is 1. The molecule has 1 aromatic heterocycles. The Bertz CT molecular complexity index is 1360. The van der Waals surface area contributed by atoms with Gasteiger partial charge in [-0.1, -0.05) is 18.2 Å². The molecule has 17 nitrogen and oxygen atoms in total. The number of nitrogens with zero attached hydrogens (tertiary/aromatic N) is 1. The van der Waals surface area contributed by atoms with Crippen LogP contribution in [0.1, 0.15) is 37.7 Å². The third-order valence-electron chi connectivity index (χ3n) is 6.34. The van der Waals surface area contributed by atoms with E-state index in [2.05, 4.69) is 25.9 Å². The molecule has 234 valence electrons. The van der Waals surface area contributed by atoms with Gasteiger partial charge in [0, 0.05) is 36.5 Å². The van der Waals surface area contributed by atoms with Crippen LogP contribution in [0, 0.1) is 0 Å². The average Bonchev–Trinajstić information content (AvgIpc) is 3.34. The van der Waals surface area contributed by atoms with Gasteiger partial charge in [-0.05, 0) is 30.9 Å². The zero-order chi connectivity index (χ0) is 32.1. The van der Waals surface area contributed by atoms with Crippen LogP contribution in [0.3, 0.4) is 0 Å². The summed E-state index contributed by atoms with van der Waals surface area (Å²) in [6.45, 7) is 0.235. The van der Waals surface area contributed by atoms with Crippen molar-refractivity contribution in [1.29, 1.82) is 0 Å². The Labute approximate surface area is 245 Å². The van der Waals surface area contributed by atoms with Crippen LogP contribution in [-0.2, 0) is 35.2 Å². The number of carboxylic acid groups (broad SMARTS) is 2. The zero-order valence-corrected chi connectivity index (χ0v) is 23.2. The zero-order valence-electron chi connectivity index (χ0n) is 23.2. The minimum absolute atomic E-state index is 0.0385. The standard InChI is InChI=1S/C26H37N9O8/c27-15(5-3-9-31-26(29)30)22(39)34-18(10-13-12-32-16-6-2-1-4-14(13)16)24(41)33-17(7-8-20(28)36)23(40)35-19(25(42)43)11-21(37)38/h1-2,4,6,12,15,17-19,32H,3,5,7-11,27H2,(H2,28,36)(H,33,41)(H,34,39)(H,35,40)(H,37,38)(H,42,43)(H4,29,30,31). The van der Waals surface area contributed by atoms with Gasteiger partial charge in [0.15, 0.2) is 5.96 Å². The van der Waals surface area contributed by atoms with Gasteiger partial charge in [0.2, 0.25) is 23.6 Å². The number of guanidine groups is 1. The van der Waals surface area contributed by atoms with Gasteiger partial charge in [0.1, 0.15) is 18.1 Å². The number of carbonyl (C=O) groups excluding carboxylic acids is 4. The number of aromatic nitrogens is 1. The minimum Gasteiger partial charge on any atom is -0.481 e. The van der Waals surface area contributed by atoms with Crippen molar-refractivity contribution in [2.45, 2.75) is 62.7 Å². The predicted octanol–water partition coefficient (Wildman–Crippen LogP) is -2.63. The lowest BCUT2D eigenvalue weighted by Crippen LogP contribution is -2.57. The van der Waals surface area contributed by atoms with Crippen molar-refractivity contribution in [2.24, 2.45) is 27.9 Å². The third-order valence-corrected chi connectivity index (χ3v) is 6.34. The fourth-order valence-electron chi connectivity index (χ4n) is 4.13. The highest BCUT2D eigenvalue weighted by Gasteiger charge is 2.31. The molecule has 1 aromatic carbocycles. The second-order valence-electron chi connectivity index (χ2n) is 9.74. The Hall–Kier alpha value is -5.19. The van der Waals surface area contributed by atoms with Gasteiger partial charge < -0.3 is 54.1 Å². The first-order valence-electron chi connectivity index (χ1n) is 13.3. The summed E-state index contributed by atoms with van der Waals surface area (Å²) < 4.78 is 0. The number of aliphatic carboxylic acids is 2. The number of aliphatic imine (C=N–C) groups is 1. The average molecular weight is 604 g/mol. The van der Waals surface area contributed by atoms with Gasteiger partial charge in [0.05, 0.1) is 12.5 Å². The van der Waals surface area contributed by atoms with Gasteiger partial charge in [-0.3, -0.25) is 29.0 Å².